The first-order valence-electron chi connectivity index (χ1n) is 9.48. The lowest BCUT2D eigenvalue weighted by Crippen LogP contribution is -2.33. The van der Waals surface area contributed by atoms with E-state index in [1.54, 1.807) is 12.1 Å². The molecule has 27 heavy (non-hydrogen) atoms. The Morgan fingerprint density at radius 3 is 3.07 bits per heavy atom. The molecule has 144 valence electrons. The monoisotopic (exact) mass is 388 g/mol. The first-order valence-corrected chi connectivity index (χ1v) is 9.86. The number of hydrogen-bond donors (Lipinski definition) is 1. The number of nitrogens with zero attached hydrogens (tertiary/aromatic N) is 1. The van der Waals surface area contributed by atoms with Crippen LogP contribution in [-0.4, -0.2) is 43.0 Å². The molecule has 0 saturated carbocycles. The third kappa shape index (κ3) is 5.86. The van der Waals surface area contributed by atoms with Gasteiger partial charge in [-0.25, -0.2) is 0 Å². The number of rotatable bonds is 6. The highest BCUT2D eigenvalue weighted by Crippen LogP contribution is 2.29. The van der Waals surface area contributed by atoms with Crippen LogP contribution < -0.4 is 10.1 Å². The third-order valence-corrected chi connectivity index (χ3v) is 4.97. The molecule has 0 aliphatic carbocycles. The highest BCUT2D eigenvalue weighted by molar-refractivity contribution is 6.30. The Morgan fingerprint density at radius 2 is 2.19 bits per heavy atom. The number of carbonyl (C=O) groups excluding carboxylic acids is 2. The summed E-state index contributed by atoms with van der Waals surface area (Å²) in [5.41, 5.74) is 1.83. The van der Waals surface area contributed by atoms with Crippen LogP contribution in [0.2, 0.25) is 5.02 Å². The van der Waals surface area contributed by atoms with Crippen molar-refractivity contribution in [1.29, 1.82) is 0 Å². The second-order valence-corrected chi connectivity index (χ2v) is 7.30. The van der Waals surface area contributed by atoms with Crippen LogP contribution in [-0.2, 0) is 9.59 Å². The van der Waals surface area contributed by atoms with E-state index < -0.39 is 0 Å². The van der Waals surface area contributed by atoms with E-state index in [0.717, 1.165) is 49.1 Å². The molecular weight excluding hydrogens is 364 g/mol. The summed E-state index contributed by atoms with van der Waals surface area (Å²) in [6, 6.07) is 5.48. The standard InChI is InChI=1S/C21H25ClN2O3/c22-18-7-8-19-17(14-18)13-16(15-27-19)6-9-20(25)23-10-4-12-24-11-3-1-2-5-21(24)26/h6-9,13-14H,1-5,10-12,15H2,(H,23,25)/b9-6+. The molecule has 0 radical (unpaired) electrons. The van der Waals surface area contributed by atoms with Crippen LogP contribution in [0, 0.1) is 0 Å². The minimum atomic E-state index is -0.144. The molecular formula is C21H25ClN2O3. The largest absolute Gasteiger partial charge is 0.488 e. The zero-order valence-electron chi connectivity index (χ0n) is 15.4. The number of carbonyl (C=O) groups is 2. The van der Waals surface area contributed by atoms with Crippen molar-refractivity contribution < 1.29 is 14.3 Å². The van der Waals surface area contributed by atoms with E-state index in [4.69, 9.17) is 16.3 Å². The van der Waals surface area contributed by atoms with Gasteiger partial charge >= 0.3 is 0 Å². The number of benzene rings is 1. The maximum Gasteiger partial charge on any atom is 0.243 e. The number of likely N-dealkylation sites (tertiary alicyclic amines) is 1. The topological polar surface area (TPSA) is 58.6 Å². The van der Waals surface area contributed by atoms with Gasteiger partial charge in [0.2, 0.25) is 11.8 Å². The summed E-state index contributed by atoms with van der Waals surface area (Å²) >= 11 is 6.01. The van der Waals surface area contributed by atoms with E-state index in [-0.39, 0.29) is 11.8 Å². The van der Waals surface area contributed by atoms with Crippen LogP contribution in [0.25, 0.3) is 6.08 Å². The van der Waals surface area contributed by atoms with Crippen LogP contribution in [0.1, 0.15) is 37.7 Å². The number of ether oxygens (including phenoxy) is 1. The normalized spacial score (nSPS) is 17.1. The molecule has 0 spiro atoms. The predicted molar refractivity (Wildman–Crippen MR) is 107 cm³/mol. The average Bonchev–Trinajstić information content (AvgIpc) is 2.87. The number of halogens is 1. The highest BCUT2D eigenvalue weighted by atomic mass is 35.5. The molecule has 1 aromatic rings. The maximum atomic E-state index is 12.0. The van der Waals surface area contributed by atoms with Gasteiger partial charge in [0, 0.05) is 42.7 Å². The van der Waals surface area contributed by atoms with Crippen molar-refractivity contribution in [3.05, 3.63) is 46.5 Å². The lowest BCUT2D eigenvalue weighted by molar-refractivity contribution is -0.130. The Bertz CT molecular complexity index is 758. The molecule has 1 N–H and O–H groups in total. The van der Waals surface area contributed by atoms with Crippen LogP contribution in [0.5, 0.6) is 5.75 Å². The van der Waals surface area contributed by atoms with Crippen LogP contribution in [0.15, 0.2) is 35.9 Å². The van der Waals surface area contributed by atoms with Gasteiger partial charge in [0.1, 0.15) is 12.4 Å². The summed E-state index contributed by atoms with van der Waals surface area (Å²) < 4.78 is 5.66. The molecule has 2 amide bonds. The molecule has 1 fully saturated rings. The number of fused-ring (bicyclic) bond motifs is 1. The summed E-state index contributed by atoms with van der Waals surface area (Å²) in [5.74, 6) is 0.891. The van der Waals surface area contributed by atoms with Crippen molar-refractivity contribution in [2.75, 3.05) is 26.2 Å². The SMILES string of the molecule is O=C(/C=C/C1=Cc2cc(Cl)ccc2OC1)NCCCN1CCCCCC1=O. The van der Waals surface area contributed by atoms with Gasteiger partial charge < -0.3 is 15.0 Å². The molecule has 6 heteroatoms. The van der Waals surface area contributed by atoms with Gasteiger partial charge in [-0.3, -0.25) is 9.59 Å². The quantitative estimate of drug-likeness (QED) is 0.598. The van der Waals surface area contributed by atoms with Gasteiger partial charge in [0.05, 0.1) is 0 Å². The van der Waals surface area contributed by atoms with E-state index >= 15 is 0 Å². The summed E-state index contributed by atoms with van der Waals surface area (Å²) in [5, 5.41) is 3.52. The second kappa shape index (κ2) is 9.60. The number of hydrogen-bond acceptors (Lipinski definition) is 3. The first-order chi connectivity index (χ1) is 13.1. The van der Waals surface area contributed by atoms with Crippen molar-refractivity contribution >= 4 is 29.5 Å². The van der Waals surface area contributed by atoms with Gasteiger partial charge in [-0.2, -0.15) is 0 Å². The molecule has 0 unspecified atom stereocenters. The minimum absolute atomic E-state index is 0.144. The van der Waals surface area contributed by atoms with E-state index in [0.29, 0.717) is 31.1 Å². The fourth-order valence-corrected chi connectivity index (χ4v) is 3.44. The molecule has 1 aromatic carbocycles. The maximum absolute atomic E-state index is 12.0. The van der Waals surface area contributed by atoms with Crippen molar-refractivity contribution in [1.82, 2.24) is 10.2 Å². The number of nitrogens with one attached hydrogen (secondary N) is 1. The smallest absolute Gasteiger partial charge is 0.243 e. The molecule has 0 bridgehead atoms. The van der Waals surface area contributed by atoms with E-state index in [2.05, 4.69) is 5.32 Å². The summed E-state index contributed by atoms with van der Waals surface area (Å²) in [7, 11) is 0. The molecule has 2 heterocycles. The van der Waals surface area contributed by atoms with E-state index in [1.807, 2.05) is 23.1 Å². The summed E-state index contributed by atoms with van der Waals surface area (Å²) in [4.78, 5) is 25.8. The van der Waals surface area contributed by atoms with E-state index in [1.165, 1.54) is 6.08 Å². The fraction of sp³-hybridized carbons (Fsp3) is 0.429. The summed E-state index contributed by atoms with van der Waals surface area (Å²) in [6.45, 7) is 2.53. The Hall–Kier alpha value is -2.27. The van der Waals surface area contributed by atoms with Crippen LogP contribution in [0.3, 0.4) is 0 Å². The van der Waals surface area contributed by atoms with Gasteiger partial charge in [0.25, 0.3) is 0 Å². The predicted octanol–water partition coefficient (Wildman–Crippen LogP) is 3.58. The molecule has 5 nitrogen and oxygen atoms in total. The fourth-order valence-electron chi connectivity index (χ4n) is 3.26. The van der Waals surface area contributed by atoms with E-state index in [9.17, 15) is 9.59 Å². The van der Waals surface area contributed by atoms with Crippen LogP contribution in [0.4, 0.5) is 0 Å². The van der Waals surface area contributed by atoms with Gasteiger partial charge in [-0.15, -0.1) is 0 Å². The lowest BCUT2D eigenvalue weighted by Gasteiger charge is -2.20. The van der Waals surface area contributed by atoms with Crippen molar-refractivity contribution in [2.24, 2.45) is 0 Å². The summed E-state index contributed by atoms with van der Waals surface area (Å²) in [6.07, 6.45) is 9.86. The second-order valence-electron chi connectivity index (χ2n) is 6.86. The molecule has 2 aliphatic rings. The van der Waals surface area contributed by atoms with Crippen molar-refractivity contribution in [2.45, 2.75) is 32.1 Å². The van der Waals surface area contributed by atoms with Crippen molar-refractivity contribution in [3.63, 3.8) is 0 Å². The zero-order valence-corrected chi connectivity index (χ0v) is 16.1. The molecule has 0 atom stereocenters. The number of amides is 2. The lowest BCUT2D eigenvalue weighted by atomic mass is 10.1. The third-order valence-electron chi connectivity index (χ3n) is 4.73. The minimum Gasteiger partial charge on any atom is -0.488 e. The average molecular weight is 389 g/mol. The molecule has 2 aliphatic heterocycles. The molecule has 1 saturated heterocycles. The zero-order chi connectivity index (χ0) is 19.1. The molecule has 0 aromatic heterocycles. The first kappa shape index (κ1) is 19.5. The van der Waals surface area contributed by atoms with Gasteiger partial charge in [-0.1, -0.05) is 24.1 Å². The Balaban J connectivity index is 1.42. The van der Waals surface area contributed by atoms with Gasteiger partial charge in [-0.05, 0) is 49.1 Å². The molecule has 3 rings (SSSR count). The highest BCUT2D eigenvalue weighted by Gasteiger charge is 2.15. The Labute approximate surface area is 165 Å². The Morgan fingerprint density at radius 1 is 1.30 bits per heavy atom. The van der Waals surface area contributed by atoms with Crippen LogP contribution >= 0.6 is 11.6 Å². The van der Waals surface area contributed by atoms with Crippen molar-refractivity contribution in [3.8, 4) is 5.75 Å². The Kier molecular flexibility index (Phi) is 6.93. The van der Waals surface area contributed by atoms with Gasteiger partial charge in [0.15, 0.2) is 0 Å².